The van der Waals surface area contributed by atoms with E-state index in [2.05, 4.69) is 10.0 Å². The standard InChI is InChI=1S/C11H14F2N2O2S/c12-8-4-9(13)6-11(5-8)15-18(16,17)7-10-2-1-3-14-10/h4-6,10,14-15H,1-3,7H2. The summed E-state index contributed by atoms with van der Waals surface area (Å²) in [6, 6.07) is 2.49. The molecule has 1 saturated heterocycles. The van der Waals surface area contributed by atoms with E-state index < -0.39 is 21.7 Å². The van der Waals surface area contributed by atoms with Gasteiger partial charge in [0, 0.05) is 12.1 Å². The van der Waals surface area contributed by atoms with Gasteiger partial charge < -0.3 is 5.32 Å². The van der Waals surface area contributed by atoms with Crippen LogP contribution in [0.4, 0.5) is 14.5 Å². The molecule has 18 heavy (non-hydrogen) atoms. The first-order valence-electron chi connectivity index (χ1n) is 5.64. The second-order valence-corrected chi connectivity index (χ2v) is 6.10. The molecule has 2 N–H and O–H groups in total. The summed E-state index contributed by atoms with van der Waals surface area (Å²) in [5, 5.41) is 3.05. The lowest BCUT2D eigenvalue weighted by Crippen LogP contribution is -2.32. The maximum Gasteiger partial charge on any atom is 0.234 e. The summed E-state index contributed by atoms with van der Waals surface area (Å²) in [4.78, 5) is 0. The second-order valence-electron chi connectivity index (χ2n) is 4.33. The van der Waals surface area contributed by atoms with E-state index >= 15 is 0 Å². The van der Waals surface area contributed by atoms with Gasteiger partial charge in [-0.2, -0.15) is 0 Å². The van der Waals surface area contributed by atoms with Crippen molar-refractivity contribution in [2.24, 2.45) is 0 Å². The molecular formula is C11H14F2N2O2S. The molecule has 100 valence electrons. The van der Waals surface area contributed by atoms with E-state index in [1.807, 2.05) is 0 Å². The third-order valence-electron chi connectivity index (χ3n) is 2.72. The number of hydrogen-bond donors (Lipinski definition) is 2. The number of nitrogens with one attached hydrogen (secondary N) is 2. The van der Waals surface area contributed by atoms with Gasteiger partial charge in [0.1, 0.15) is 11.6 Å². The lowest BCUT2D eigenvalue weighted by molar-refractivity contribution is 0.580. The van der Waals surface area contributed by atoms with Gasteiger partial charge in [-0.3, -0.25) is 4.72 Å². The average molecular weight is 276 g/mol. The van der Waals surface area contributed by atoms with E-state index in [0.717, 1.165) is 31.5 Å². The minimum atomic E-state index is -3.60. The van der Waals surface area contributed by atoms with Crippen LogP contribution < -0.4 is 10.0 Å². The molecule has 2 rings (SSSR count). The molecule has 1 aliphatic heterocycles. The van der Waals surface area contributed by atoms with Crippen molar-refractivity contribution in [1.29, 1.82) is 0 Å². The zero-order valence-electron chi connectivity index (χ0n) is 9.62. The average Bonchev–Trinajstić information content (AvgIpc) is 2.66. The van der Waals surface area contributed by atoms with Crippen LogP contribution in [0.15, 0.2) is 18.2 Å². The van der Waals surface area contributed by atoms with E-state index in [1.165, 1.54) is 0 Å². The van der Waals surface area contributed by atoms with Crippen LogP contribution in [0.25, 0.3) is 0 Å². The molecule has 0 bridgehead atoms. The maximum absolute atomic E-state index is 12.9. The Kier molecular flexibility index (Phi) is 3.82. The van der Waals surface area contributed by atoms with Gasteiger partial charge in [0.25, 0.3) is 0 Å². The molecule has 1 unspecified atom stereocenters. The smallest absolute Gasteiger partial charge is 0.234 e. The van der Waals surface area contributed by atoms with Gasteiger partial charge in [0.15, 0.2) is 0 Å². The number of sulfonamides is 1. The fourth-order valence-corrected chi connectivity index (χ4v) is 3.37. The zero-order valence-corrected chi connectivity index (χ0v) is 10.4. The summed E-state index contributed by atoms with van der Waals surface area (Å²) >= 11 is 0. The van der Waals surface area contributed by atoms with Crippen molar-refractivity contribution in [3.8, 4) is 0 Å². The minimum Gasteiger partial charge on any atom is -0.313 e. The molecule has 0 saturated carbocycles. The first-order chi connectivity index (χ1) is 8.44. The Morgan fingerprint density at radius 3 is 2.50 bits per heavy atom. The quantitative estimate of drug-likeness (QED) is 0.875. The van der Waals surface area contributed by atoms with Crippen molar-refractivity contribution in [3.05, 3.63) is 29.8 Å². The largest absolute Gasteiger partial charge is 0.313 e. The van der Waals surface area contributed by atoms with Gasteiger partial charge in [-0.25, -0.2) is 17.2 Å². The molecule has 4 nitrogen and oxygen atoms in total. The predicted octanol–water partition coefficient (Wildman–Crippen LogP) is 1.46. The summed E-state index contributed by atoms with van der Waals surface area (Å²) < 4.78 is 51.6. The molecule has 0 spiro atoms. The highest BCUT2D eigenvalue weighted by atomic mass is 32.2. The second kappa shape index (κ2) is 5.19. The van der Waals surface area contributed by atoms with E-state index in [0.29, 0.717) is 6.07 Å². The summed E-state index contributed by atoms with van der Waals surface area (Å²) in [5.74, 6) is -1.72. The van der Waals surface area contributed by atoms with Crippen LogP contribution in [0.5, 0.6) is 0 Å². The normalized spacial score (nSPS) is 20.0. The minimum absolute atomic E-state index is 0.0921. The third kappa shape index (κ3) is 3.64. The number of benzene rings is 1. The van der Waals surface area contributed by atoms with Crippen LogP contribution in [0.3, 0.4) is 0 Å². The molecule has 0 aromatic heterocycles. The molecule has 1 fully saturated rings. The number of anilines is 1. The fraction of sp³-hybridized carbons (Fsp3) is 0.455. The van der Waals surface area contributed by atoms with Crippen molar-refractivity contribution in [3.63, 3.8) is 0 Å². The highest BCUT2D eigenvalue weighted by Gasteiger charge is 2.22. The number of halogens is 2. The van der Waals surface area contributed by atoms with Crippen LogP contribution >= 0.6 is 0 Å². The molecule has 1 aromatic rings. The van der Waals surface area contributed by atoms with Gasteiger partial charge >= 0.3 is 0 Å². The molecular weight excluding hydrogens is 262 g/mol. The van der Waals surface area contributed by atoms with E-state index in [9.17, 15) is 17.2 Å². The van der Waals surface area contributed by atoms with Gasteiger partial charge in [0.05, 0.1) is 11.4 Å². The summed E-state index contributed by atoms with van der Waals surface area (Å²) in [6.07, 6.45) is 1.73. The lowest BCUT2D eigenvalue weighted by Gasteiger charge is -2.12. The van der Waals surface area contributed by atoms with Crippen LogP contribution in [-0.2, 0) is 10.0 Å². The van der Waals surface area contributed by atoms with Crippen LogP contribution in [0.2, 0.25) is 0 Å². The Hall–Kier alpha value is -1.21. The van der Waals surface area contributed by atoms with Crippen molar-refractivity contribution in [1.82, 2.24) is 5.32 Å². The summed E-state index contributed by atoms with van der Waals surface area (Å²) in [6.45, 7) is 0.800. The molecule has 1 atom stereocenters. The van der Waals surface area contributed by atoms with Crippen molar-refractivity contribution < 1.29 is 17.2 Å². The summed E-state index contributed by atoms with van der Waals surface area (Å²) in [5.41, 5.74) is -0.0921. The van der Waals surface area contributed by atoms with Gasteiger partial charge in [0.2, 0.25) is 10.0 Å². The van der Waals surface area contributed by atoms with Crippen LogP contribution in [-0.4, -0.2) is 26.8 Å². The van der Waals surface area contributed by atoms with Gasteiger partial charge in [-0.1, -0.05) is 0 Å². The van der Waals surface area contributed by atoms with Gasteiger partial charge in [-0.05, 0) is 31.5 Å². The molecule has 1 heterocycles. The molecule has 1 aromatic carbocycles. The Bertz CT molecular complexity index is 508. The Balaban J connectivity index is 2.06. The molecule has 7 heteroatoms. The van der Waals surface area contributed by atoms with Crippen LogP contribution in [0.1, 0.15) is 12.8 Å². The lowest BCUT2D eigenvalue weighted by atomic mass is 10.3. The first kappa shape index (κ1) is 13.2. The van der Waals surface area contributed by atoms with E-state index in [1.54, 1.807) is 0 Å². The van der Waals surface area contributed by atoms with E-state index in [4.69, 9.17) is 0 Å². The molecule has 1 aliphatic rings. The van der Waals surface area contributed by atoms with Gasteiger partial charge in [-0.15, -0.1) is 0 Å². The maximum atomic E-state index is 12.9. The Morgan fingerprint density at radius 2 is 1.94 bits per heavy atom. The number of hydrogen-bond acceptors (Lipinski definition) is 3. The van der Waals surface area contributed by atoms with Crippen molar-refractivity contribution >= 4 is 15.7 Å². The fourth-order valence-electron chi connectivity index (χ4n) is 2.00. The highest BCUT2D eigenvalue weighted by Crippen LogP contribution is 2.16. The first-order valence-corrected chi connectivity index (χ1v) is 7.30. The predicted molar refractivity (Wildman–Crippen MR) is 64.8 cm³/mol. The molecule has 0 radical (unpaired) electrons. The summed E-state index contributed by atoms with van der Waals surface area (Å²) in [7, 11) is -3.60. The molecule has 0 amide bonds. The van der Waals surface area contributed by atoms with E-state index in [-0.39, 0.29) is 17.5 Å². The Labute approximate surface area is 104 Å². The SMILES string of the molecule is O=S(=O)(CC1CCCN1)Nc1cc(F)cc(F)c1. The highest BCUT2D eigenvalue weighted by molar-refractivity contribution is 7.92. The number of rotatable bonds is 4. The van der Waals surface area contributed by atoms with Crippen molar-refractivity contribution in [2.75, 3.05) is 17.0 Å². The third-order valence-corrected chi connectivity index (χ3v) is 4.11. The van der Waals surface area contributed by atoms with Crippen LogP contribution in [0, 0.1) is 11.6 Å². The topological polar surface area (TPSA) is 58.2 Å². The zero-order chi connectivity index (χ0) is 13.2. The van der Waals surface area contributed by atoms with Crippen molar-refractivity contribution in [2.45, 2.75) is 18.9 Å². The monoisotopic (exact) mass is 276 g/mol. The molecule has 0 aliphatic carbocycles. The Morgan fingerprint density at radius 1 is 1.28 bits per heavy atom.